The number of imide groups is 1. The normalized spacial score (nSPS) is 17.3. The van der Waals surface area contributed by atoms with Gasteiger partial charge in [0.1, 0.15) is 6.54 Å². The second-order valence-electron chi connectivity index (χ2n) is 3.72. The number of benzene rings is 1. The van der Waals surface area contributed by atoms with Gasteiger partial charge in [-0.25, -0.2) is 0 Å². The first-order chi connectivity index (χ1) is 8.97. The summed E-state index contributed by atoms with van der Waals surface area (Å²) < 4.78 is 0. The van der Waals surface area contributed by atoms with E-state index in [9.17, 15) is 14.4 Å². The largest absolute Gasteiger partial charge is 0.480 e. The Morgan fingerprint density at radius 2 is 2.16 bits per heavy atom. The van der Waals surface area contributed by atoms with Crippen molar-refractivity contribution in [2.75, 3.05) is 6.54 Å². The van der Waals surface area contributed by atoms with Gasteiger partial charge in [-0.15, -0.1) is 0 Å². The van der Waals surface area contributed by atoms with Crippen molar-refractivity contribution >= 4 is 46.6 Å². The topological polar surface area (TPSA) is 74.7 Å². The SMILES string of the molecule is O=C(O)CN1C(=O)S/C(=C/c2cccc(Cl)c2)C1=O. The fourth-order valence-corrected chi connectivity index (χ4v) is 2.56. The molecule has 1 aliphatic rings. The summed E-state index contributed by atoms with van der Waals surface area (Å²) in [6, 6.07) is 6.79. The Morgan fingerprint density at radius 3 is 2.79 bits per heavy atom. The van der Waals surface area contributed by atoms with Gasteiger partial charge in [0.25, 0.3) is 11.1 Å². The van der Waals surface area contributed by atoms with Crippen LogP contribution in [0.1, 0.15) is 5.56 Å². The number of hydrogen-bond acceptors (Lipinski definition) is 4. The molecule has 1 heterocycles. The molecule has 2 amide bonds. The highest BCUT2D eigenvalue weighted by molar-refractivity contribution is 8.18. The zero-order chi connectivity index (χ0) is 14.0. The number of thioether (sulfide) groups is 1. The Hall–Kier alpha value is -1.79. The molecule has 1 aromatic carbocycles. The fourth-order valence-electron chi connectivity index (χ4n) is 1.52. The van der Waals surface area contributed by atoms with Gasteiger partial charge in [0.05, 0.1) is 4.91 Å². The Bertz CT molecular complexity index is 599. The monoisotopic (exact) mass is 297 g/mol. The number of carbonyl (C=O) groups excluding carboxylic acids is 2. The highest BCUT2D eigenvalue weighted by Crippen LogP contribution is 2.32. The smallest absolute Gasteiger partial charge is 0.323 e. The molecule has 1 aromatic rings. The standard InChI is InChI=1S/C12H8ClNO4S/c13-8-3-1-2-7(4-8)5-9-11(17)14(6-10(15)16)12(18)19-9/h1-5H,6H2,(H,15,16)/b9-5+. The zero-order valence-electron chi connectivity index (χ0n) is 9.50. The third-order valence-electron chi connectivity index (χ3n) is 2.31. The minimum Gasteiger partial charge on any atom is -0.480 e. The second-order valence-corrected chi connectivity index (χ2v) is 5.15. The van der Waals surface area contributed by atoms with E-state index < -0.39 is 23.7 Å². The second kappa shape index (κ2) is 5.46. The van der Waals surface area contributed by atoms with Gasteiger partial charge in [0.15, 0.2) is 0 Å². The lowest BCUT2D eigenvalue weighted by atomic mass is 10.2. The van der Waals surface area contributed by atoms with E-state index in [4.69, 9.17) is 16.7 Å². The summed E-state index contributed by atoms with van der Waals surface area (Å²) >= 11 is 6.53. The van der Waals surface area contributed by atoms with E-state index in [0.29, 0.717) is 27.2 Å². The van der Waals surface area contributed by atoms with Gasteiger partial charge in [0, 0.05) is 5.02 Å². The van der Waals surface area contributed by atoms with E-state index >= 15 is 0 Å². The average molecular weight is 298 g/mol. The Kier molecular flexibility index (Phi) is 3.92. The van der Waals surface area contributed by atoms with Gasteiger partial charge in [0.2, 0.25) is 0 Å². The van der Waals surface area contributed by atoms with Crippen LogP contribution in [0.2, 0.25) is 5.02 Å². The molecule has 1 saturated heterocycles. The quantitative estimate of drug-likeness (QED) is 0.867. The van der Waals surface area contributed by atoms with Gasteiger partial charge < -0.3 is 5.11 Å². The van der Waals surface area contributed by atoms with E-state index in [2.05, 4.69) is 0 Å². The van der Waals surface area contributed by atoms with Crippen LogP contribution >= 0.6 is 23.4 Å². The van der Waals surface area contributed by atoms with Crippen LogP contribution in [-0.2, 0) is 9.59 Å². The molecule has 5 nitrogen and oxygen atoms in total. The van der Waals surface area contributed by atoms with Gasteiger partial charge in [-0.1, -0.05) is 23.7 Å². The number of rotatable bonds is 3. The van der Waals surface area contributed by atoms with E-state index in [1.165, 1.54) is 6.08 Å². The number of aliphatic carboxylic acids is 1. The molecule has 0 radical (unpaired) electrons. The first kappa shape index (κ1) is 13.6. The Labute approximate surface area is 117 Å². The minimum atomic E-state index is -1.23. The Morgan fingerprint density at radius 1 is 1.42 bits per heavy atom. The van der Waals surface area contributed by atoms with E-state index in [0.717, 1.165) is 0 Å². The van der Waals surface area contributed by atoms with Crippen LogP contribution < -0.4 is 0 Å². The maximum absolute atomic E-state index is 11.9. The van der Waals surface area contributed by atoms with E-state index in [1.54, 1.807) is 24.3 Å². The van der Waals surface area contributed by atoms with Crippen molar-refractivity contribution in [2.45, 2.75) is 0 Å². The molecule has 1 N–H and O–H groups in total. The van der Waals surface area contributed by atoms with Crippen molar-refractivity contribution < 1.29 is 19.5 Å². The summed E-state index contributed by atoms with van der Waals surface area (Å²) in [5.41, 5.74) is 0.674. The third-order valence-corrected chi connectivity index (χ3v) is 3.46. The van der Waals surface area contributed by atoms with Crippen LogP contribution in [0.15, 0.2) is 29.2 Å². The van der Waals surface area contributed by atoms with Gasteiger partial charge >= 0.3 is 5.97 Å². The van der Waals surface area contributed by atoms with Crippen molar-refractivity contribution in [2.24, 2.45) is 0 Å². The van der Waals surface area contributed by atoms with Crippen molar-refractivity contribution in [1.29, 1.82) is 0 Å². The zero-order valence-corrected chi connectivity index (χ0v) is 11.1. The van der Waals surface area contributed by atoms with E-state index in [-0.39, 0.29) is 4.91 Å². The number of halogens is 1. The molecule has 1 fully saturated rings. The van der Waals surface area contributed by atoms with Crippen molar-refractivity contribution in [3.63, 3.8) is 0 Å². The van der Waals surface area contributed by atoms with Crippen LogP contribution in [-0.4, -0.2) is 33.7 Å². The number of carboxylic acids is 1. The number of amides is 2. The minimum absolute atomic E-state index is 0.188. The summed E-state index contributed by atoms with van der Waals surface area (Å²) in [7, 11) is 0. The van der Waals surface area contributed by atoms with Crippen molar-refractivity contribution in [3.05, 3.63) is 39.8 Å². The Balaban J connectivity index is 2.25. The lowest BCUT2D eigenvalue weighted by molar-refractivity contribution is -0.140. The summed E-state index contributed by atoms with van der Waals surface area (Å²) in [5, 5.41) is 8.56. The van der Waals surface area contributed by atoms with E-state index in [1.807, 2.05) is 0 Å². The average Bonchev–Trinajstić information content (AvgIpc) is 2.57. The summed E-state index contributed by atoms with van der Waals surface area (Å²) in [4.78, 5) is 34.8. The molecule has 0 aliphatic carbocycles. The number of nitrogens with zero attached hydrogens (tertiary/aromatic N) is 1. The molecule has 98 valence electrons. The molecule has 1 aliphatic heterocycles. The molecule has 2 rings (SSSR count). The summed E-state index contributed by atoms with van der Waals surface area (Å²) in [6.45, 7) is -0.627. The first-order valence-corrected chi connectivity index (χ1v) is 6.39. The van der Waals surface area contributed by atoms with Gasteiger partial charge in [-0.05, 0) is 35.5 Å². The maximum atomic E-state index is 11.9. The van der Waals surface area contributed by atoms with Gasteiger partial charge in [-0.2, -0.15) is 0 Å². The van der Waals surface area contributed by atoms with Crippen molar-refractivity contribution in [3.8, 4) is 0 Å². The lowest BCUT2D eigenvalue weighted by Gasteiger charge is -2.07. The third kappa shape index (κ3) is 3.15. The number of hydrogen-bond donors (Lipinski definition) is 1. The van der Waals surface area contributed by atoms with Gasteiger partial charge in [-0.3, -0.25) is 19.3 Å². The molecule has 7 heteroatoms. The molecule has 0 atom stereocenters. The molecule has 0 aromatic heterocycles. The lowest BCUT2D eigenvalue weighted by Crippen LogP contribution is -2.33. The molecule has 0 saturated carbocycles. The predicted molar refractivity (Wildman–Crippen MR) is 71.8 cm³/mol. The van der Waals surface area contributed by atoms with Crippen molar-refractivity contribution in [1.82, 2.24) is 4.90 Å². The highest BCUT2D eigenvalue weighted by atomic mass is 35.5. The first-order valence-electron chi connectivity index (χ1n) is 5.20. The predicted octanol–water partition coefficient (Wildman–Crippen LogP) is 2.46. The highest BCUT2D eigenvalue weighted by Gasteiger charge is 2.36. The molecular formula is C12H8ClNO4S. The maximum Gasteiger partial charge on any atom is 0.323 e. The van der Waals surface area contributed by atoms with Crippen LogP contribution in [0, 0.1) is 0 Å². The fraction of sp³-hybridized carbons (Fsp3) is 0.0833. The summed E-state index contributed by atoms with van der Waals surface area (Å²) in [6.07, 6.45) is 1.51. The number of carboxylic acid groups (broad SMARTS) is 1. The molecule has 0 spiro atoms. The van der Waals surface area contributed by atoms with Crippen LogP contribution in [0.5, 0.6) is 0 Å². The van der Waals surface area contributed by atoms with Crippen LogP contribution in [0.4, 0.5) is 4.79 Å². The van der Waals surface area contributed by atoms with Crippen LogP contribution in [0.25, 0.3) is 6.08 Å². The molecule has 19 heavy (non-hydrogen) atoms. The molecule has 0 bridgehead atoms. The van der Waals surface area contributed by atoms with Crippen LogP contribution in [0.3, 0.4) is 0 Å². The molecule has 0 unspecified atom stereocenters. The number of carbonyl (C=O) groups is 3. The summed E-state index contributed by atoms with van der Waals surface area (Å²) in [5.74, 6) is -1.83. The molecular weight excluding hydrogens is 290 g/mol.